The molecule has 27 heavy (non-hydrogen) atoms. The van der Waals surface area contributed by atoms with E-state index in [9.17, 15) is 14.3 Å². The number of aliphatic hydroxyl groups is 2. The maximum atomic E-state index is 12.9. The van der Waals surface area contributed by atoms with Gasteiger partial charge >= 0.3 is 0 Å². The Morgan fingerprint density at radius 3 is 2.44 bits per heavy atom. The Bertz CT molecular complexity index is 651. The minimum absolute atomic E-state index is 0.116. The van der Waals surface area contributed by atoms with Crippen molar-refractivity contribution in [3.63, 3.8) is 0 Å². The van der Waals surface area contributed by atoms with Crippen molar-refractivity contribution >= 4 is 17.2 Å². The smallest absolute Gasteiger partial charge is 0.234 e. The molecule has 0 radical (unpaired) electrons. The van der Waals surface area contributed by atoms with Gasteiger partial charge in [0.2, 0.25) is 5.91 Å². The number of amides is 1. The van der Waals surface area contributed by atoms with Gasteiger partial charge in [-0.15, -0.1) is 11.3 Å². The van der Waals surface area contributed by atoms with E-state index < -0.39 is 12.1 Å². The van der Waals surface area contributed by atoms with Crippen molar-refractivity contribution in [3.05, 3.63) is 52.2 Å². The number of hydrogen-bond donors (Lipinski definition) is 4. The van der Waals surface area contributed by atoms with Crippen LogP contribution in [0.15, 0.2) is 35.8 Å². The van der Waals surface area contributed by atoms with Crippen molar-refractivity contribution in [2.75, 3.05) is 6.54 Å². The Balaban J connectivity index is 0.000000646. The zero-order valence-electron chi connectivity index (χ0n) is 15.6. The SMILES string of the molecule is CCC(C)O.NCC(=O)NC(CCc1ccc(F)cc1)C(O)c1nccs1. The summed E-state index contributed by atoms with van der Waals surface area (Å²) in [5, 5.41) is 23.8. The van der Waals surface area contributed by atoms with Gasteiger partial charge in [-0.1, -0.05) is 19.1 Å². The lowest BCUT2D eigenvalue weighted by Gasteiger charge is -2.22. The van der Waals surface area contributed by atoms with Crippen molar-refractivity contribution in [1.29, 1.82) is 0 Å². The van der Waals surface area contributed by atoms with E-state index in [1.165, 1.54) is 23.5 Å². The summed E-state index contributed by atoms with van der Waals surface area (Å²) in [6.45, 7) is 3.59. The summed E-state index contributed by atoms with van der Waals surface area (Å²) in [6.07, 6.45) is 2.55. The number of aromatic nitrogens is 1. The van der Waals surface area contributed by atoms with Gasteiger partial charge < -0.3 is 21.3 Å². The fourth-order valence-corrected chi connectivity index (χ4v) is 2.79. The van der Waals surface area contributed by atoms with Crippen LogP contribution in [0.25, 0.3) is 0 Å². The second-order valence-electron chi connectivity index (χ2n) is 6.12. The number of carbonyl (C=O) groups is 1. The molecule has 150 valence electrons. The highest BCUT2D eigenvalue weighted by molar-refractivity contribution is 7.09. The molecule has 0 aliphatic carbocycles. The molecule has 0 saturated heterocycles. The van der Waals surface area contributed by atoms with E-state index in [0.29, 0.717) is 17.8 Å². The largest absolute Gasteiger partial charge is 0.393 e. The van der Waals surface area contributed by atoms with Gasteiger partial charge in [0.1, 0.15) is 16.9 Å². The van der Waals surface area contributed by atoms with Crippen molar-refractivity contribution in [2.45, 2.75) is 51.4 Å². The van der Waals surface area contributed by atoms with Gasteiger partial charge in [-0.25, -0.2) is 9.37 Å². The fraction of sp³-hybridized carbons (Fsp3) is 0.474. The van der Waals surface area contributed by atoms with E-state index in [1.54, 1.807) is 30.6 Å². The number of hydrogen-bond acceptors (Lipinski definition) is 6. The summed E-state index contributed by atoms with van der Waals surface area (Å²) in [7, 11) is 0. The number of aryl methyl sites for hydroxylation is 1. The Labute approximate surface area is 163 Å². The van der Waals surface area contributed by atoms with Crippen LogP contribution >= 0.6 is 11.3 Å². The minimum atomic E-state index is -0.893. The van der Waals surface area contributed by atoms with Crippen LogP contribution < -0.4 is 11.1 Å². The first-order chi connectivity index (χ1) is 12.9. The van der Waals surface area contributed by atoms with Crippen molar-refractivity contribution < 1.29 is 19.4 Å². The van der Waals surface area contributed by atoms with E-state index in [0.717, 1.165) is 12.0 Å². The van der Waals surface area contributed by atoms with E-state index in [1.807, 2.05) is 6.92 Å². The number of halogens is 1. The summed E-state index contributed by atoms with van der Waals surface area (Å²) in [4.78, 5) is 15.6. The van der Waals surface area contributed by atoms with Gasteiger partial charge in [0, 0.05) is 11.6 Å². The second kappa shape index (κ2) is 12.5. The van der Waals surface area contributed by atoms with Crippen LogP contribution in [0.5, 0.6) is 0 Å². The molecular formula is C19H28FN3O3S. The molecule has 1 aromatic carbocycles. The number of aliphatic hydroxyl groups excluding tert-OH is 2. The molecule has 2 rings (SSSR count). The molecule has 1 heterocycles. The molecule has 3 unspecified atom stereocenters. The predicted molar refractivity (Wildman–Crippen MR) is 105 cm³/mol. The lowest BCUT2D eigenvalue weighted by Crippen LogP contribution is -2.42. The topological polar surface area (TPSA) is 108 Å². The van der Waals surface area contributed by atoms with Gasteiger partial charge in [-0.05, 0) is 43.9 Å². The van der Waals surface area contributed by atoms with E-state index in [-0.39, 0.29) is 24.4 Å². The summed E-state index contributed by atoms with van der Waals surface area (Å²) in [5.41, 5.74) is 6.25. The van der Waals surface area contributed by atoms with Crippen molar-refractivity contribution in [2.24, 2.45) is 5.73 Å². The van der Waals surface area contributed by atoms with Gasteiger partial charge in [-0.2, -0.15) is 0 Å². The Hall–Kier alpha value is -1.87. The summed E-state index contributed by atoms with van der Waals surface area (Å²) < 4.78 is 12.9. The maximum Gasteiger partial charge on any atom is 0.234 e. The Kier molecular flexibility index (Phi) is 10.7. The molecular weight excluding hydrogens is 369 g/mol. The zero-order chi connectivity index (χ0) is 20.2. The molecule has 6 nitrogen and oxygen atoms in total. The number of nitrogens with two attached hydrogens (primary N) is 1. The quantitative estimate of drug-likeness (QED) is 0.546. The first kappa shape index (κ1) is 23.2. The molecule has 0 aliphatic heterocycles. The summed E-state index contributed by atoms with van der Waals surface area (Å²) >= 11 is 1.32. The predicted octanol–water partition coefficient (Wildman–Crippen LogP) is 2.17. The van der Waals surface area contributed by atoms with Gasteiger partial charge in [-0.3, -0.25) is 4.79 Å². The number of carbonyl (C=O) groups excluding carboxylic acids is 1. The fourth-order valence-electron chi connectivity index (χ4n) is 2.10. The molecule has 0 aliphatic rings. The normalized spacial score (nSPS) is 13.9. The van der Waals surface area contributed by atoms with Crippen LogP contribution in [0.3, 0.4) is 0 Å². The van der Waals surface area contributed by atoms with E-state index in [4.69, 9.17) is 10.8 Å². The number of benzene rings is 1. The van der Waals surface area contributed by atoms with Crippen LogP contribution in [0.1, 0.15) is 43.4 Å². The number of nitrogens with one attached hydrogen (secondary N) is 1. The molecule has 1 aromatic heterocycles. The molecule has 1 amide bonds. The minimum Gasteiger partial charge on any atom is -0.393 e. The Morgan fingerprint density at radius 2 is 1.96 bits per heavy atom. The zero-order valence-corrected chi connectivity index (χ0v) is 16.5. The highest BCUT2D eigenvalue weighted by Crippen LogP contribution is 2.22. The first-order valence-electron chi connectivity index (χ1n) is 8.86. The van der Waals surface area contributed by atoms with Crippen LogP contribution in [-0.4, -0.2) is 39.8 Å². The number of thiazole rings is 1. The van der Waals surface area contributed by atoms with Gasteiger partial charge in [0.05, 0.1) is 18.7 Å². The number of nitrogens with zero attached hydrogens (tertiary/aromatic N) is 1. The van der Waals surface area contributed by atoms with Crippen LogP contribution in [0, 0.1) is 5.82 Å². The third kappa shape index (κ3) is 9.05. The molecule has 0 fully saturated rings. The molecule has 2 aromatic rings. The van der Waals surface area contributed by atoms with Crippen LogP contribution in [0.4, 0.5) is 4.39 Å². The lowest BCUT2D eigenvalue weighted by atomic mass is 10.0. The number of rotatable bonds is 8. The summed E-state index contributed by atoms with van der Waals surface area (Å²) in [6, 6.07) is 5.66. The van der Waals surface area contributed by atoms with Crippen molar-refractivity contribution in [3.8, 4) is 0 Å². The maximum absolute atomic E-state index is 12.9. The molecule has 0 spiro atoms. The second-order valence-corrected chi connectivity index (χ2v) is 7.04. The molecule has 8 heteroatoms. The summed E-state index contributed by atoms with van der Waals surface area (Å²) in [5.74, 6) is -0.626. The molecule has 0 saturated carbocycles. The Morgan fingerprint density at radius 1 is 1.33 bits per heavy atom. The van der Waals surface area contributed by atoms with E-state index >= 15 is 0 Å². The van der Waals surface area contributed by atoms with Gasteiger partial charge in [0.15, 0.2) is 0 Å². The highest BCUT2D eigenvalue weighted by Gasteiger charge is 2.24. The van der Waals surface area contributed by atoms with E-state index in [2.05, 4.69) is 10.3 Å². The molecule has 5 N–H and O–H groups in total. The average Bonchev–Trinajstić information content (AvgIpc) is 3.20. The molecule has 3 atom stereocenters. The monoisotopic (exact) mass is 397 g/mol. The lowest BCUT2D eigenvalue weighted by molar-refractivity contribution is -0.121. The van der Waals surface area contributed by atoms with Gasteiger partial charge in [0.25, 0.3) is 0 Å². The van der Waals surface area contributed by atoms with Crippen LogP contribution in [-0.2, 0) is 11.2 Å². The standard InChI is InChI=1S/C15H18FN3O2S.C4H10O/c16-11-4-1-10(2-5-11)3-6-12(19-13(20)9-17)14(21)15-18-7-8-22-15;1-3-4(2)5/h1-2,4-5,7-8,12,14,21H,3,6,9,17H2,(H,19,20);4-5H,3H2,1-2H3. The average molecular weight is 398 g/mol. The third-order valence-electron chi connectivity index (χ3n) is 3.87. The van der Waals surface area contributed by atoms with Crippen LogP contribution in [0.2, 0.25) is 0 Å². The first-order valence-corrected chi connectivity index (χ1v) is 9.74. The molecule has 0 bridgehead atoms. The van der Waals surface area contributed by atoms with Crippen molar-refractivity contribution in [1.82, 2.24) is 10.3 Å². The third-order valence-corrected chi connectivity index (χ3v) is 4.71. The highest BCUT2D eigenvalue weighted by atomic mass is 32.1.